The van der Waals surface area contributed by atoms with Gasteiger partial charge in [-0.2, -0.15) is 5.26 Å². The minimum absolute atomic E-state index is 0.185. The fraction of sp³-hybridized carbons (Fsp3) is 0.0769. The number of anilines is 2. The molecule has 0 amide bonds. The lowest BCUT2D eigenvalue weighted by Crippen LogP contribution is -2.12. The number of aromatic nitrogens is 1. The van der Waals surface area contributed by atoms with Gasteiger partial charge in [-0.25, -0.2) is 4.98 Å². The molecule has 3 nitrogen and oxygen atoms in total. The van der Waals surface area contributed by atoms with Crippen LogP contribution in [0.4, 0.5) is 11.5 Å². The molecule has 0 atom stereocenters. The first-order chi connectivity index (χ1) is 9.02. The summed E-state index contributed by atoms with van der Waals surface area (Å²) in [6.07, 6.45) is 0. The number of pyridine rings is 1. The Bertz CT molecular complexity index is 665. The Labute approximate surface area is 126 Å². The van der Waals surface area contributed by atoms with Crippen LogP contribution in [0.25, 0.3) is 0 Å². The molecule has 0 saturated carbocycles. The third kappa shape index (κ3) is 2.93. The maximum atomic E-state index is 8.90. The van der Waals surface area contributed by atoms with Gasteiger partial charge in [0.1, 0.15) is 5.15 Å². The highest BCUT2D eigenvalue weighted by Gasteiger charge is 2.13. The molecule has 0 aliphatic heterocycles. The lowest BCUT2D eigenvalue weighted by molar-refractivity contribution is 1.13. The minimum Gasteiger partial charge on any atom is -0.328 e. The summed E-state index contributed by atoms with van der Waals surface area (Å²) in [6, 6.07) is 10.7. The lowest BCUT2D eigenvalue weighted by Gasteiger charge is -2.20. The summed E-state index contributed by atoms with van der Waals surface area (Å²) in [4.78, 5) is 5.89. The SMILES string of the molecule is CN(c1cccc(C#N)c1)c1nc(Cl)c(Cl)cc1Cl. The average Bonchev–Trinajstić information content (AvgIpc) is 2.42. The van der Waals surface area contributed by atoms with Gasteiger partial charge in [0.15, 0.2) is 5.82 Å². The highest BCUT2D eigenvalue weighted by molar-refractivity contribution is 6.43. The molecular formula is C13H8Cl3N3. The molecule has 2 aromatic rings. The summed E-state index contributed by atoms with van der Waals surface area (Å²) >= 11 is 17.8. The molecule has 1 heterocycles. The van der Waals surface area contributed by atoms with Crippen molar-refractivity contribution in [2.24, 2.45) is 0 Å². The van der Waals surface area contributed by atoms with Crippen LogP contribution in [-0.2, 0) is 0 Å². The Morgan fingerprint density at radius 1 is 1.16 bits per heavy atom. The minimum atomic E-state index is 0.185. The van der Waals surface area contributed by atoms with Crippen LogP contribution in [0, 0.1) is 11.3 Å². The van der Waals surface area contributed by atoms with E-state index < -0.39 is 0 Å². The molecule has 0 saturated heterocycles. The number of benzene rings is 1. The van der Waals surface area contributed by atoms with E-state index >= 15 is 0 Å². The van der Waals surface area contributed by atoms with Crippen molar-refractivity contribution in [3.8, 4) is 6.07 Å². The van der Waals surface area contributed by atoms with Crippen LogP contribution < -0.4 is 4.90 Å². The lowest BCUT2D eigenvalue weighted by atomic mass is 10.2. The van der Waals surface area contributed by atoms with E-state index in [1.807, 2.05) is 6.07 Å². The Balaban J connectivity index is 2.47. The third-order valence-electron chi connectivity index (χ3n) is 2.55. The number of hydrogen-bond acceptors (Lipinski definition) is 3. The van der Waals surface area contributed by atoms with E-state index in [0.29, 0.717) is 21.4 Å². The van der Waals surface area contributed by atoms with Crippen molar-refractivity contribution >= 4 is 46.3 Å². The molecule has 0 N–H and O–H groups in total. The molecule has 1 aromatic heterocycles. The van der Waals surface area contributed by atoms with Crippen LogP contribution in [0.3, 0.4) is 0 Å². The summed E-state index contributed by atoms with van der Waals surface area (Å²) in [7, 11) is 1.79. The summed E-state index contributed by atoms with van der Waals surface area (Å²) in [6.45, 7) is 0. The average molecular weight is 313 g/mol. The first kappa shape index (κ1) is 14.0. The molecule has 0 unspecified atom stereocenters. The van der Waals surface area contributed by atoms with Gasteiger partial charge in [0.25, 0.3) is 0 Å². The van der Waals surface area contributed by atoms with Crippen molar-refractivity contribution in [3.63, 3.8) is 0 Å². The molecule has 0 bridgehead atoms. The van der Waals surface area contributed by atoms with Crippen molar-refractivity contribution in [2.45, 2.75) is 0 Å². The molecule has 6 heteroatoms. The summed E-state index contributed by atoms with van der Waals surface area (Å²) in [5.41, 5.74) is 1.34. The predicted octanol–water partition coefficient (Wildman–Crippen LogP) is 4.68. The number of hydrogen-bond donors (Lipinski definition) is 0. The monoisotopic (exact) mass is 311 g/mol. The summed E-state index contributed by atoms with van der Waals surface area (Å²) in [5.74, 6) is 0.478. The van der Waals surface area contributed by atoms with Crippen LogP contribution in [-0.4, -0.2) is 12.0 Å². The number of rotatable bonds is 2. The number of nitrogens with zero attached hydrogens (tertiary/aromatic N) is 3. The van der Waals surface area contributed by atoms with Crippen LogP contribution in [0.5, 0.6) is 0 Å². The van der Waals surface area contributed by atoms with Gasteiger partial charge in [-0.05, 0) is 24.3 Å². The topological polar surface area (TPSA) is 39.9 Å². The van der Waals surface area contributed by atoms with E-state index in [0.717, 1.165) is 5.69 Å². The smallest absolute Gasteiger partial charge is 0.153 e. The second-order valence-electron chi connectivity index (χ2n) is 3.79. The second-order valence-corrected chi connectivity index (χ2v) is 4.96. The Kier molecular flexibility index (Phi) is 4.16. The first-order valence-electron chi connectivity index (χ1n) is 5.28. The van der Waals surface area contributed by atoms with Crippen LogP contribution >= 0.6 is 34.8 Å². The standard InChI is InChI=1S/C13H8Cl3N3/c1-19(9-4-2-3-8(5-9)7-17)13-11(15)6-10(14)12(16)18-13/h2-6H,1H3. The van der Waals surface area contributed by atoms with Gasteiger partial charge in [-0.1, -0.05) is 40.9 Å². The normalized spacial score (nSPS) is 10.1. The van der Waals surface area contributed by atoms with Crippen molar-refractivity contribution in [1.82, 2.24) is 4.98 Å². The fourth-order valence-electron chi connectivity index (χ4n) is 1.58. The molecule has 0 aliphatic carbocycles. The van der Waals surface area contributed by atoms with Gasteiger partial charge in [-0.15, -0.1) is 0 Å². The van der Waals surface area contributed by atoms with Gasteiger partial charge in [0.2, 0.25) is 0 Å². The molecule has 0 fully saturated rings. The fourth-order valence-corrected chi connectivity index (χ4v) is 2.20. The van der Waals surface area contributed by atoms with Crippen molar-refractivity contribution in [1.29, 1.82) is 5.26 Å². The van der Waals surface area contributed by atoms with E-state index in [-0.39, 0.29) is 5.15 Å². The van der Waals surface area contributed by atoms with Crippen LogP contribution in [0.15, 0.2) is 30.3 Å². The van der Waals surface area contributed by atoms with E-state index in [1.54, 1.807) is 36.2 Å². The summed E-state index contributed by atoms with van der Waals surface area (Å²) < 4.78 is 0. The maximum Gasteiger partial charge on any atom is 0.153 e. The van der Waals surface area contributed by atoms with Gasteiger partial charge in [-0.3, -0.25) is 0 Å². The van der Waals surface area contributed by atoms with Crippen molar-refractivity contribution in [3.05, 3.63) is 51.1 Å². The van der Waals surface area contributed by atoms with Gasteiger partial charge >= 0.3 is 0 Å². The van der Waals surface area contributed by atoms with E-state index in [9.17, 15) is 0 Å². The molecular weight excluding hydrogens is 305 g/mol. The number of nitriles is 1. The molecule has 1 aromatic carbocycles. The van der Waals surface area contributed by atoms with Gasteiger partial charge in [0, 0.05) is 12.7 Å². The van der Waals surface area contributed by atoms with E-state index in [1.165, 1.54) is 0 Å². The van der Waals surface area contributed by atoms with Crippen LogP contribution in [0.2, 0.25) is 15.2 Å². The molecule has 96 valence electrons. The van der Waals surface area contributed by atoms with Gasteiger partial charge < -0.3 is 4.90 Å². The van der Waals surface area contributed by atoms with E-state index in [4.69, 9.17) is 40.1 Å². The molecule has 19 heavy (non-hydrogen) atoms. The Morgan fingerprint density at radius 3 is 2.58 bits per heavy atom. The van der Waals surface area contributed by atoms with Crippen LogP contribution in [0.1, 0.15) is 5.56 Å². The summed E-state index contributed by atoms with van der Waals surface area (Å²) in [5, 5.41) is 9.77. The Hall–Kier alpha value is -1.47. The zero-order valence-corrected chi connectivity index (χ0v) is 12.1. The molecule has 0 radical (unpaired) electrons. The largest absolute Gasteiger partial charge is 0.328 e. The highest BCUT2D eigenvalue weighted by atomic mass is 35.5. The zero-order valence-electron chi connectivity index (χ0n) is 9.86. The van der Waals surface area contributed by atoms with Crippen molar-refractivity contribution in [2.75, 3.05) is 11.9 Å². The zero-order chi connectivity index (χ0) is 14.0. The predicted molar refractivity (Wildman–Crippen MR) is 78.5 cm³/mol. The quantitative estimate of drug-likeness (QED) is 0.756. The second kappa shape index (κ2) is 5.66. The molecule has 2 rings (SSSR count). The third-order valence-corrected chi connectivity index (χ3v) is 3.50. The maximum absolute atomic E-state index is 8.90. The highest BCUT2D eigenvalue weighted by Crippen LogP contribution is 2.33. The van der Waals surface area contributed by atoms with E-state index in [2.05, 4.69) is 11.1 Å². The Morgan fingerprint density at radius 2 is 1.89 bits per heavy atom. The molecule has 0 spiro atoms. The van der Waals surface area contributed by atoms with Gasteiger partial charge in [0.05, 0.1) is 21.7 Å². The van der Waals surface area contributed by atoms with Crippen molar-refractivity contribution < 1.29 is 0 Å². The first-order valence-corrected chi connectivity index (χ1v) is 6.41. The molecule has 0 aliphatic rings. The number of halogens is 3.